The lowest BCUT2D eigenvalue weighted by atomic mass is 9.85. The van der Waals surface area contributed by atoms with E-state index in [4.69, 9.17) is 16.2 Å². The smallest absolute Gasteiger partial charge is 0.246 e. The molecule has 1 aliphatic heterocycles. The maximum Gasteiger partial charge on any atom is 0.246 e. The number of aryl methyl sites for hydroxylation is 2. The fraction of sp³-hybridized carbons (Fsp3) is 0.513. The highest BCUT2D eigenvalue weighted by molar-refractivity contribution is 7.13. The van der Waals surface area contributed by atoms with Gasteiger partial charge in [-0.05, 0) is 60.8 Å². The summed E-state index contributed by atoms with van der Waals surface area (Å²) >= 11 is 1.58. The quantitative estimate of drug-likeness (QED) is 0.139. The van der Waals surface area contributed by atoms with E-state index in [0.29, 0.717) is 25.9 Å². The number of nitrogens with one attached hydrogen (secondary N) is 2. The number of β-amino-alcohol motifs (C(OH)–C–C–N with tert-alkyl or cyclic N) is 1. The second-order valence-electron chi connectivity index (χ2n) is 14.8. The van der Waals surface area contributed by atoms with Crippen molar-refractivity contribution in [1.82, 2.24) is 20.5 Å². The third-order valence-electron chi connectivity index (χ3n) is 9.44. The lowest BCUT2D eigenvalue weighted by molar-refractivity contribution is -0.144. The van der Waals surface area contributed by atoms with Gasteiger partial charge >= 0.3 is 0 Å². The van der Waals surface area contributed by atoms with Crippen LogP contribution in [0.3, 0.4) is 0 Å². The zero-order chi connectivity index (χ0) is 38.0. The van der Waals surface area contributed by atoms with Crippen molar-refractivity contribution < 1.29 is 29.0 Å². The number of aliphatic hydroxyl groups excluding tert-OH is 1. The highest BCUT2D eigenvalue weighted by atomic mass is 32.1. The number of nitrogens with zero attached hydrogens (tertiary/aromatic N) is 2. The number of rotatable bonds is 17. The van der Waals surface area contributed by atoms with Crippen molar-refractivity contribution in [1.29, 1.82) is 0 Å². The lowest BCUT2D eigenvalue weighted by Crippen LogP contribution is -2.57. The summed E-state index contributed by atoms with van der Waals surface area (Å²) in [7, 11) is 0. The molecule has 3 aromatic rings. The fourth-order valence-corrected chi connectivity index (χ4v) is 6.98. The van der Waals surface area contributed by atoms with Gasteiger partial charge in [-0.15, -0.1) is 11.3 Å². The monoisotopic (exact) mass is 734 g/mol. The van der Waals surface area contributed by atoms with Crippen molar-refractivity contribution in [2.75, 3.05) is 6.54 Å². The molecule has 2 aromatic carbocycles. The molecule has 1 fully saturated rings. The second kappa shape index (κ2) is 18.5. The van der Waals surface area contributed by atoms with Gasteiger partial charge in [0.15, 0.2) is 0 Å². The molecule has 0 aliphatic carbocycles. The fourth-order valence-electron chi connectivity index (χ4n) is 6.16. The van der Waals surface area contributed by atoms with E-state index in [1.807, 2.05) is 88.7 Å². The molecule has 13 heteroatoms. The SMILES string of the molecule is Cc1ncsc1-c1ccc(CNC(=O)[C@@H]2C[C@@H](O)CN2C(=O)[C@@H](NC(=O)CCCc2ccc(CO[C@H](C)[C@@H](N)CCC(N)=O)cc2)C(C)(C)C)cc1. The van der Waals surface area contributed by atoms with Crippen molar-refractivity contribution in [2.24, 2.45) is 16.9 Å². The van der Waals surface area contributed by atoms with Crippen LogP contribution in [0.15, 0.2) is 54.0 Å². The molecule has 0 spiro atoms. The number of primary amides is 1. The summed E-state index contributed by atoms with van der Waals surface area (Å²) in [5.74, 6) is -1.36. The van der Waals surface area contributed by atoms with Crippen LogP contribution in [0, 0.1) is 12.3 Å². The van der Waals surface area contributed by atoms with Gasteiger partial charge in [-0.3, -0.25) is 19.2 Å². The Balaban J connectivity index is 1.26. The Hall–Kier alpha value is -4.17. The standard InChI is InChI=1S/C39H54N6O6S/c1-24-35(52-23-43-24)29-15-13-27(14-16-29)20-42-37(49)32-19-30(46)21-45(32)38(50)36(39(3,4)5)44-34(48)8-6-7-26-9-11-28(12-10-26)22-51-25(2)31(40)17-18-33(41)47/h9-16,23,25,30-32,36,46H,6-8,17-22,40H2,1-5H3,(H2,41,47)(H,42,49)(H,44,48)/t25-,30-,31+,32+,36-/m1/s1. The third-order valence-corrected chi connectivity index (χ3v) is 10.4. The van der Waals surface area contributed by atoms with Crippen molar-refractivity contribution in [2.45, 2.75) is 117 Å². The van der Waals surface area contributed by atoms with Crippen LogP contribution < -0.4 is 22.1 Å². The maximum absolute atomic E-state index is 13.9. The molecule has 0 saturated carbocycles. The molecular weight excluding hydrogens is 681 g/mol. The van der Waals surface area contributed by atoms with Crippen LogP contribution >= 0.6 is 11.3 Å². The van der Waals surface area contributed by atoms with Gasteiger partial charge in [-0.2, -0.15) is 0 Å². The van der Waals surface area contributed by atoms with E-state index < -0.39 is 23.6 Å². The minimum absolute atomic E-state index is 0.0182. The molecule has 0 bridgehead atoms. The van der Waals surface area contributed by atoms with Gasteiger partial charge in [-0.1, -0.05) is 69.3 Å². The molecule has 4 amide bonds. The summed E-state index contributed by atoms with van der Waals surface area (Å²) in [6, 6.07) is 13.8. The molecule has 12 nitrogen and oxygen atoms in total. The largest absolute Gasteiger partial charge is 0.391 e. The van der Waals surface area contributed by atoms with E-state index in [1.165, 1.54) is 4.90 Å². The van der Waals surface area contributed by atoms with Gasteiger partial charge in [0.1, 0.15) is 12.1 Å². The normalized spacial score (nSPS) is 17.7. The minimum atomic E-state index is -0.881. The Morgan fingerprint density at radius 1 is 1.04 bits per heavy atom. The van der Waals surface area contributed by atoms with Crippen LogP contribution in [0.25, 0.3) is 10.4 Å². The van der Waals surface area contributed by atoms with Crippen molar-refractivity contribution in [3.63, 3.8) is 0 Å². The van der Waals surface area contributed by atoms with Crippen molar-refractivity contribution >= 4 is 35.0 Å². The summed E-state index contributed by atoms with van der Waals surface area (Å²) in [6.07, 6.45) is 1.22. The van der Waals surface area contributed by atoms with Gasteiger partial charge in [0, 0.05) is 38.4 Å². The lowest BCUT2D eigenvalue weighted by Gasteiger charge is -2.35. The number of benzene rings is 2. The van der Waals surface area contributed by atoms with E-state index in [-0.39, 0.29) is 68.1 Å². The van der Waals surface area contributed by atoms with E-state index in [0.717, 1.165) is 32.8 Å². The molecule has 2 heterocycles. The van der Waals surface area contributed by atoms with Crippen LogP contribution in [0.5, 0.6) is 0 Å². The Labute approximate surface area is 310 Å². The zero-order valence-corrected chi connectivity index (χ0v) is 31.7. The summed E-state index contributed by atoms with van der Waals surface area (Å²) in [5, 5.41) is 16.4. The number of nitrogens with two attached hydrogens (primary N) is 2. The van der Waals surface area contributed by atoms with E-state index in [2.05, 4.69) is 15.6 Å². The summed E-state index contributed by atoms with van der Waals surface area (Å²) in [5.41, 5.74) is 17.5. The highest BCUT2D eigenvalue weighted by Gasteiger charge is 2.44. The molecule has 1 aliphatic rings. The van der Waals surface area contributed by atoms with Gasteiger partial charge in [0.05, 0.1) is 34.9 Å². The first-order valence-electron chi connectivity index (χ1n) is 17.9. The first kappa shape index (κ1) is 40.6. The predicted octanol–water partition coefficient (Wildman–Crippen LogP) is 3.75. The van der Waals surface area contributed by atoms with Gasteiger partial charge in [0.2, 0.25) is 23.6 Å². The summed E-state index contributed by atoms with van der Waals surface area (Å²) in [6.45, 7) is 10.1. The van der Waals surface area contributed by atoms with Gasteiger partial charge < -0.3 is 36.8 Å². The number of thiazole rings is 1. The predicted molar refractivity (Wildman–Crippen MR) is 202 cm³/mol. The number of hydrogen-bond acceptors (Lipinski definition) is 9. The van der Waals surface area contributed by atoms with E-state index in [9.17, 15) is 24.3 Å². The van der Waals surface area contributed by atoms with Crippen molar-refractivity contribution in [3.8, 4) is 10.4 Å². The number of aliphatic hydroxyl groups is 1. The van der Waals surface area contributed by atoms with Crippen LogP contribution in [0.1, 0.15) is 82.2 Å². The Bertz CT molecular complexity index is 1650. The topological polar surface area (TPSA) is 190 Å². The Kier molecular flexibility index (Phi) is 14.5. The molecule has 0 unspecified atom stereocenters. The maximum atomic E-state index is 13.9. The molecule has 4 rings (SSSR count). The molecule has 52 heavy (non-hydrogen) atoms. The number of ether oxygens (including phenoxy) is 1. The molecule has 1 aromatic heterocycles. The van der Waals surface area contributed by atoms with Crippen molar-refractivity contribution in [3.05, 3.63) is 76.4 Å². The minimum Gasteiger partial charge on any atom is -0.391 e. The van der Waals surface area contributed by atoms with E-state index >= 15 is 0 Å². The van der Waals surface area contributed by atoms with E-state index in [1.54, 1.807) is 11.3 Å². The van der Waals surface area contributed by atoms with Crippen LogP contribution in [-0.4, -0.2) is 75.5 Å². The van der Waals surface area contributed by atoms with Crippen LogP contribution in [0.4, 0.5) is 0 Å². The Morgan fingerprint density at radius 2 is 1.69 bits per heavy atom. The average molecular weight is 735 g/mol. The first-order valence-corrected chi connectivity index (χ1v) is 18.8. The number of carbonyl (C=O) groups excluding carboxylic acids is 4. The Morgan fingerprint density at radius 3 is 2.31 bits per heavy atom. The van der Waals surface area contributed by atoms with Crippen LogP contribution in [-0.2, 0) is 43.5 Å². The summed E-state index contributed by atoms with van der Waals surface area (Å²) in [4.78, 5) is 58.3. The molecule has 282 valence electrons. The number of amides is 4. The number of likely N-dealkylation sites (tertiary alicyclic amines) is 1. The molecule has 1 saturated heterocycles. The molecule has 0 radical (unpaired) electrons. The zero-order valence-electron chi connectivity index (χ0n) is 30.9. The van der Waals surface area contributed by atoms with Crippen LogP contribution in [0.2, 0.25) is 0 Å². The molecule has 5 atom stereocenters. The highest BCUT2D eigenvalue weighted by Crippen LogP contribution is 2.28. The molecular formula is C39H54N6O6S. The number of carbonyl (C=O) groups is 4. The second-order valence-corrected chi connectivity index (χ2v) is 15.7. The van der Waals surface area contributed by atoms with Gasteiger partial charge in [0.25, 0.3) is 0 Å². The van der Waals surface area contributed by atoms with Gasteiger partial charge in [-0.25, -0.2) is 4.98 Å². The molecule has 7 N–H and O–H groups in total. The average Bonchev–Trinajstić information content (AvgIpc) is 3.72. The summed E-state index contributed by atoms with van der Waals surface area (Å²) < 4.78 is 5.87. The first-order chi connectivity index (χ1) is 24.6. The number of hydrogen-bond donors (Lipinski definition) is 5. The third kappa shape index (κ3) is 11.7. The number of aromatic nitrogens is 1.